The molecule has 0 radical (unpaired) electrons. The number of rotatable bonds is 13. The van der Waals surface area contributed by atoms with Gasteiger partial charge in [-0.25, -0.2) is 60.3 Å². The third kappa shape index (κ3) is 10.8. The molecule has 6 aromatic rings. The Balaban J connectivity index is 1.07. The van der Waals surface area contributed by atoms with E-state index in [9.17, 15) is 61.6 Å². The van der Waals surface area contributed by atoms with Crippen LogP contribution in [0.2, 0.25) is 0 Å². The number of halogens is 12. The van der Waals surface area contributed by atoms with Crippen LogP contribution in [0.4, 0.5) is 70.3 Å². The van der Waals surface area contributed by atoms with Crippen molar-refractivity contribution in [1.29, 1.82) is 5.26 Å². The van der Waals surface area contributed by atoms with Crippen LogP contribution in [0.1, 0.15) is 79.3 Å². The van der Waals surface area contributed by atoms with Crippen LogP contribution in [0.5, 0.6) is 0 Å². The summed E-state index contributed by atoms with van der Waals surface area (Å²) in [6.07, 6.45) is -14.2. The summed E-state index contributed by atoms with van der Waals surface area (Å²) in [5, 5.41) is 12.2. The van der Waals surface area contributed by atoms with Gasteiger partial charge in [0.2, 0.25) is 31.9 Å². The Morgan fingerprint density at radius 3 is 1.65 bits per heavy atom. The van der Waals surface area contributed by atoms with Crippen LogP contribution >= 0.6 is 0 Å². The highest BCUT2D eigenvalue weighted by molar-refractivity contribution is 7.90. The second kappa shape index (κ2) is 19.7. The fraction of sp³-hybridized carbons (Fsp3) is 0.435. The molecule has 0 bridgehead atoms. The Labute approximate surface area is 434 Å². The zero-order valence-electron chi connectivity index (χ0n) is 39.9. The summed E-state index contributed by atoms with van der Waals surface area (Å²) < 4.78 is 232. The van der Waals surface area contributed by atoms with Gasteiger partial charge in [0.1, 0.15) is 40.2 Å². The Bertz CT molecular complexity index is 3540. The molecule has 0 atom stereocenters. The topological polar surface area (TPSA) is 214 Å². The number of nitrogens with zero attached hydrogens (tertiary/aromatic N) is 13. The van der Waals surface area contributed by atoms with Gasteiger partial charge in [-0.3, -0.25) is 0 Å². The van der Waals surface area contributed by atoms with Gasteiger partial charge in [0.05, 0.1) is 45.4 Å². The van der Waals surface area contributed by atoms with Gasteiger partial charge in [0.25, 0.3) is 0 Å². The molecule has 32 heteroatoms. The quantitative estimate of drug-likeness (QED) is 0.107. The summed E-state index contributed by atoms with van der Waals surface area (Å²) in [4.78, 5) is 28.4. The first-order valence-electron chi connectivity index (χ1n) is 23.8. The molecule has 4 fully saturated rings. The maximum atomic E-state index is 15.3. The van der Waals surface area contributed by atoms with E-state index in [4.69, 9.17) is 0 Å². The monoisotopic (exact) mass is 1140 g/mol. The van der Waals surface area contributed by atoms with Crippen molar-refractivity contribution in [2.24, 2.45) is 0 Å². The van der Waals surface area contributed by atoms with Gasteiger partial charge in [0.15, 0.2) is 5.69 Å². The zero-order valence-corrected chi connectivity index (χ0v) is 41.6. The number of piperidine rings is 2. The van der Waals surface area contributed by atoms with E-state index in [2.05, 4.69) is 40.2 Å². The number of anilines is 3. The normalized spacial score (nSPS) is 18.0. The molecule has 4 aliphatic rings. The fourth-order valence-corrected chi connectivity index (χ4v) is 13.2. The van der Waals surface area contributed by atoms with Gasteiger partial charge in [-0.15, -0.1) is 0 Å². The second-order valence-electron chi connectivity index (χ2n) is 18.9. The maximum absolute atomic E-state index is 15.3. The maximum Gasteiger partial charge on any atom is 0.435 e. The summed E-state index contributed by atoms with van der Waals surface area (Å²) in [5.74, 6) is -1.03. The van der Waals surface area contributed by atoms with Crippen LogP contribution in [-0.2, 0) is 44.8 Å². The van der Waals surface area contributed by atoms with Gasteiger partial charge in [-0.1, -0.05) is 0 Å². The van der Waals surface area contributed by atoms with Gasteiger partial charge in [0, 0.05) is 74.9 Å². The lowest BCUT2D eigenvalue weighted by molar-refractivity contribution is -0.141. The molecule has 5 aromatic heterocycles. The number of nitriles is 1. The lowest BCUT2D eigenvalue weighted by atomic mass is 10.00. The lowest BCUT2D eigenvalue weighted by Gasteiger charge is -2.38. The molecule has 0 unspecified atom stereocenters. The SMILES string of the molecule is N#Cc1cc(N(c2ncc(C(F)(F)F)c(-c3cn(-c4cccnc4C(F)(F)F)cn3)n2)C2CCN(S(=O)(=O)C3CC3)CC2)cc(-n2cnc(-c3nc(NC4CCN(S(=O)(=O)C5CC5)CC4)ncc3C(F)(F)F)c2)c1C(F)(F)F. The van der Waals surface area contributed by atoms with Crippen molar-refractivity contribution in [2.45, 2.75) is 98.7 Å². The molecule has 2 aliphatic carbocycles. The minimum absolute atomic E-state index is 0.109. The Hall–Kier alpha value is -6.98. The summed E-state index contributed by atoms with van der Waals surface area (Å²) >= 11 is 0. The molecule has 78 heavy (non-hydrogen) atoms. The van der Waals surface area contributed by atoms with Gasteiger partial charge in [-0.05, 0) is 75.6 Å². The Kier molecular flexibility index (Phi) is 13.8. The largest absolute Gasteiger partial charge is 0.435 e. The molecule has 414 valence electrons. The van der Waals surface area contributed by atoms with Crippen LogP contribution in [0.25, 0.3) is 34.2 Å². The van der Waals surface area contributed by atoms with Crippen molar-refractivity contribution in [3.63, 3.8) is 0 Å². The minimum atomic E-state index is -5.38. The average molecular weight is 1150 g/mol. The number of imidazole rings is 2. The standard InChI is InChI=1S/C46H40F12N14O4S2/c47-43(48,49)31-19-61-41(65-26-7-12-70(13-8-26)77(73,74)29-3-4-29)66-38(31)33-22-69(24-64-33)36-17-28(16-25(18-59)37(36)45(53,54)55)72(27-9-14-71(15-10-27)78(75,76)30-5-6-30)42-62-20-32(44(50,51)52)39(67-42)34-21-68(23-63-34)35-2-1-11-60-40(35)46(56,57)58/h1-2,11,16-17,19-24,26-27,29-30H,3-10,12-15H2,(H,61,65,66). The number of hydrogen-bond donors (Lipinski definition) is 1. The van der Waals surface area contributed by atoms with E-state index in [1.807, 2.05) is 0 Å². The van der Waals surface area contributed by atoms with Crippen molar-refractivity contribution in [2.75, 3.05) is 36.4 Å². The predicted octanol–water partition coefficient (Wildman–Crippen LogP) is 8.78. The van der Waals surface area contributed by atoms with Crippen LogP contribution in [-0.4, -0.2) is 118 Å². The molecule has 0 amide bonds. The highest BCUT2D eigenvalue weighted by Crippen LogP contribution is 2.45. The molecule has 2 saturated carbocycles. The van der Waals surface area contributed by atoms with Crippen molar-refractivity contribution < 1.29 is 69.5 Å². The third-order valence-electron chi connectivity index (χ3n) is 13.6. The molecule has 1 N–H and O–H groups in total. The van der Waals surface area contributed by atoms with E-state index in [-0.39, 0.29) is 57.8 Å². The zero-order chi connectivity index (χ0) is 55.9. The van der Waals surface area contributed by atoms with E-state index in [1.54, 1.807) is 0 Å². The first kappa shape index (κ1) is 54.4. The Morgan fingerprint density at radius 2 is 1.14 bits per heavy atom. The Morgan fingerprint density at radius 1 is 0.615 bits per heavy atom. The van der Waals surface area contributed by atoms with Crippen molar-refractivity contribution in [3.05, 3.63) is 95.9 Å². The minimum Gasteiger partial charge on any atom is -0.351 e. The van der Waals surface area contributed by atoms with Crippen LogP contribution in [0.15, 0.2) is 67.9 Å². The molecule has 18 nitrogen and oxygen atoms in total. The van der Waals surface area contributed by atoms with Crippen LogP contribution in [0, 0.1) is 11.3 Å². The highest BCUT2D eigenvalue weighted by atomic mass is 32.2. The molecule has 2 saturated heterocycles. The van der Waals surface area contributed by atoms with Gasteiger partial charge >= 0.3 is 24.7 Å². The molecule has 2 aliphatic heterocycles. The van der Waals surface area contributed by atoms with Gasteiger partial charge in [-0.2, -0.15) is 57.9 Å². The predicted molar refractivity (Wildman–Crippen MR) is 251 cm³/mol. The number of aromatic nitrogens is 9. The van der Waals surface area contributed by atoms with Crippen molar-refractivity contribution in [1.82, 2.24) is 52.6 Å². The molecule has 7 heterocycles. The van der Waals surface area contributed by atoms with Crippen LogP contribution < -0.4 is 10.2 Å². The molecular formula is C46H40F12N14O4S2. The smallest absolute Gasteiger partial charge is 0.351 e. The fourth-order valence-electron chi connectivity index (χ4n) is 9.50. The lowest BCUT2D eigenvalue weighted by Crippen LogP contribution is -2.46. The van der Waals surface area contributed by atoms with E-state index >= 15 is 13.2 Å². The molecule has 10 rings (SSSR count). The second-order valence-corrected chi connectivity index (χ2v) is 23.3. The number of hydrogen-bond acceptors (Lipinski definition) is 14. The average Bonchev–Trinajstić information content (AvgIpc) is 4.44. The number of benzene rings is 1. The molecule has 0 spiro atoms. The number of sulfonamides is 2. The number of alkyl halides is 12. The highest BCUT2D eigenvalue weighted by Gasteiger charge is 2.46. The van der Waals surface area contributed by atoms with Gasteiger partial charge < -0.3 is 19.4 Å². The number of pyridine rings is 1. The van der Waals surface area contributed by atoms with Crippen LogP contribution in [0.3, 0.4) is 0 Å². The summed E-state index contributed by atoms with van der Waals surface area (Å²) in [7, 11) is -7.30. The molecular weight excluding hydrogens is 1100 g/mol. The van der Waals surface area contributed by atoms with E-state index in [0.717, 1.165) is 58.7 Å². The summed E-state index contributed by atoms with van der Waals surface area (Å²) in [6, 6.07) is 3.56. The van der Waals surface area contributed by atoms with E-state index in [1.165, 1.54) is 14.7 Å². The first-order valence-corrected chi connectivity index (χ1v) is 26.8. The van der Waals surface area contributed by atoms with Crippen molar-refractivity contribution in [3.8, 4) is 40.2 Å². The van der Waals surface area contributed by atoms with E-state index < -0.39 is 141 Å². The third-order valence-corrected chi connectivity index (χ3v) is 18.4. The molecule has 1 aromatic carbocycles. The van der Waals surface area contributed by atoms with Crippen molar-refractivity contribution >= 4 is 37.6 Å². The summed E-state index contributed by atoms with van der Waals surface area (Å²) in [6.45, 7) is -0.185. The first-order chi connectivity index (χ1) is 36.6. The van der Waals surface area contributed by atoms with E-state index in [0.29, 0.717) is 49.0 Å². The summed E-state index contributed by atoms with van der Waals surface area (Å²) in [5.41, 5.74) is -12.3. The number of nitrogens with one attached hydrogen (secondary N) is 1.